The van der Waals surface area contributed by atoms with Crippen LogP contribution in [0.2, 0.25) is 0 Å². The summed E-state index contributed by atoms with van der Waals surface area (Å²) < 4.78 is 6.06. The van der Waals surface area contributed by atoms with Crippen molar-refractivity contribution in [2.75, 3.05) is 0 Å². The lowest BCUT2D eigenvalue weighted by atomic mass is 9.50. The highest BCUT2D eigenvalue weighted by Crippen LogP contribution is 2.64. The van der Waals surface area contributed by atoms with E-state index in [-0.39, 0.29) is 17.5 Å². The Morgan fingerprint density at radius 1 is 1.03 bits per heavy atom. The summed E-state index contributed by atoms with van der Waals surface area (Å²) in [6, 6.07) is 10.6. The van der Waals surface area contributed by atoms with Gasteiger partial charge in [-0.25, -0.2) is 0 Å². The molecule has 4 saturated carbocycles. The minimum atomic E-state index is -0.132. The number of hydrogen-bond donors (Lipinski definition) is 0. The van der Waals surface area contributed by atoms with Crippen LogP contribution in [-0.2, 0) is 9.53 Å². The Morgan fingerprint density at radius 2 is 1.80 bits per heavy atom. The lowest BCUT2D eigenvalue weighted by Gasteiger charge is -2.55. The largest absolute Gasteiger partial charge is 0.457 e. The van der Waals surface area contributed by atoms with Gasteiger partial charge in [0.2, 0.25) is 0 Å². The smallest absolute Gasteiger partial charge is 0.303 e. The summed E-state index contributed by atoms with van der Waals surface area (Å²) in [7, 11) is 0. The van der Waals surface area contributed by atoms with Crippen molar-refractivity contribution in [1.82, 2.24) is 0 Å². The zero-order valence-corrected chi connectivity index (χ0v) is 19.0. The third-order valence-corrected chi connectivity index (χ3v) is 9.48. The van der Waals surface area contributed by atoms with Crippen LogP contribution < -0.4 is 0 Å². The van der Waals surface area contributed by atoms with E-state index in [4.69, 9.17) is 4.74 Å². The Kier molecular flexibility index (Phi) is 5.32. The summed E-state index contributed by atoms with van der Waals surface area (Å²) in [4.78, 5) is 12.1. The molecule has 2 heteroatoms. The average Bonchev–Trinajstić information content (AvgIpc) is 2.99. The molecule has 0 aliphatic heterocycles. The topological polar surface area (TPSA) is 26.3 Å². The molecule has 8 atom stereocenters. The fraction of sp³-hybridized carbons (Fsp3) is 0.679. The van der Waals surface area contributed by atoms with Crippen LogP contribution in [0, 0.1) is 40.9 Å². The lowest BCUT2D eigenvalue weighted by molar-refractivity contribution is -0.155. The van der Waals surface area contributed by atoms with E-state index in [0.717, 1.165) is 36.0 Å². The van der Waals surface area contributed by atoms with Crippen LogP contribution in [0.15, 0.2) is 35.9 Å². The van der Waals surface area contributed by atoms with E-state index in [1.807, 2.05) is 0 Å². The van der Waals surface area contributed by atoms with Gasteiger partial charge in [-0.2, -0.15) is 0 Å². The minimum Gasteiger partial charge on any atom is -0.457 e. The number of benzene rings is 1. The lowest BCUT2D eigenvalue weighted by Crippen LogP contribution is -2.50. The molecule has 0 heterocycles. The van der Waals surface area contributed by atoms with Crippen LogP contribution in [-0.4, -0.2) is 12.1 Å². The van der Waals surface area contributed by atoms with Crippen molar-refractivity contribution in [3.8, 4) is 0 Å². The molecule has 0 saturated heterocycles. The zero-order chi connectivity index (χ0) is 20.9. The SMILES string of the molecule is CC(=O)O[C@@H]1/C(=C/c2ccccc2)C[C@@H]2[C@H]3CC[C@@H]4C[C@@H](C)CC[C@H]4[C@@H]3CC[C@@]12C. The minimum absolute atomic E-state index is 0.0507. The van der Waals surface area contributed by atoms with E-state index >= 15 is 0 Å². The number of ether oxygens (including phenoxy) is 1. The molecule has 4 aliphatic rings. The molecule has 1 aromatic rings. The number of hydrogen-bond acceptors (Lipinski definition) is 2. The number of esters is 1. The Hall–Kier alpha value is -1.57. The van der Waals surface area contributed by atoms with E-state index in [0.29, 0.717) is 5.92 Å². The van der Waals surface area contributed by atoms with Gasteiger partial charge in [0.05, 0.1) is 0 Å². The van der Waals surface area contributed by atoms with E-state index in [2.05, 4.69) is 50.3 Å². The molecule has 5 rings (SSSR count). The third-order valence-electron chi connectivity index (χ3n) is 9.48. The monoisotopic (exact) mass is 406 g/mol. The van der Waals surface area contributed by atoms with Crippen molar-refractivity contribution in [1.29, 1.82) is 0 Å². The van der Waals surface area contributed by atoms with Crippen molar-refractivity contribution in [3.63, 3.8) is 0 Å². The molecule has 0 aromatic heterocycles. The molecular formula is C28H38O2. The normalized spacial score (nSPS) is 44.1. The van der Waals surface area contributed by atoms with Crippen LogP contribution in [0.1, 0.15) is 77.7 Å². The summed E-state index contributed by atoms with van der Waals surface area (Å²) >= 11 is 0. The number of fused-ring (bicyclic) bond motifs is 5. The predicted octanol–water partition coefficient (Wildman–Crippen LogP) is 6.90. The highest BCUT2D eigenvalue weighted by molar-refractivity contribution is 5.67. The molecule has 162 valence electrons. The van der Waals surface area contributed by atoms with Crippen LogP contribution in [0.5, 0.6) is 0 Å². The van der Waals surface area contributed by atoms with Crippen LogP contribution >= 0.6 is 0 Å². The first-order valence-corrected chi connectivity index (χ1v) is 12.4. The van der Waals surface area contributed by atoms with Crippen LogP contribution in [0.4, 0.5) is 0 Å². The van der Waals surface area contributed by atoms with Crippen molar-refractivity contribution in [3.05, 3.63) is 41.5 Å². The van der Waals surface area contributed by atoms with Gasteiger partial charge in [0.15, 0.2) is 0 Å². The number of carbonyl (C=O) groups is 1. The first kappa shape index (κ1) is 20.3. The molecule has 0 spiro atoms. The summed E-state index contributed by atoms with van der Waals surface area (Å²) in [5.41, 5.74) is 2.68. The van der Waals surface area contributed by atoms with Gasteiger partial charge in [-0.3, -0.25) is 4.79 Å². The molecule has 2 nitrogen and oxygen atoms in total. The van der Waals surface area contributed by atoms with Gasteiger partial charge >= 0.3 is 5.97 Å². The Morgan fingerprint density at radius 3 is 2.57 bits per heavy atom. The first-order valence-electron chi connectivity index (χ1n) is 12.4. The molecule has 0 unspecified atom stereocenters. The fourth-order valence-electron chi connectivity index (χ4n) is 8.20. The van der Waals surface area contributed by atoms with Gasteiger partial charge in [-0.15, -0.1) is 0 Å². The molecule has 0 N–H and O–H groups in total. The maximum Gasteiger partial charge on any atom is 0.303 e. The summed E-state index contributed by atoms with van der Waals surface area (Å²) in [5.74, 6) is 5.12. The van der Waals surface area contributed by atoms with Gasteiger partial charge in [-0.05, 0) is 91.6 Å². The Labute approximate surface area is 182 Å². The summed E-state index contributed by atoms with van der Waals surface area (Å²) in [6.07, 6.45) is 13.1. The molecule has 30 heavy (non-hydrogen) atoms. The number of carbonyl (C=O) groups excluding carboxylic acids is 1. The second-order valence-corrected chi connectivity index (χ2v) is 11.2. The fourth-order valence-corrected chi connectivity index (χ4v) is 8.20. The highest BCUT2D eigenvalue weighted by Gasteiger charge is 2.59. The van der Waals surface area contributed by atoms with Crippen molar-refractivity contribution < 1.29 is 9.53 Å². The molecule has 0 bridgehead atoms. The third kappa shape index (κ3) is 3.45. The van der Waals surface area contributed by atoms with Gasteiger partial charge in [0.25, 0.3) is 0 Å². The maximum absolute atomic E-state index is 12.1. The average molecular weight is 407 g/mol. The van der Waals surface area contributed by atoms with Gasteiger partial charge in [-0.1, -0.05) is 56.7 Å². The second kappa shape index (κ2) is 7.84. The van der Waals surface area contributed by atoms with E-state index < -0.39 is 0 Å². The van der Waals surface area contributed by atoms with E-state index in [1.165, 1.54) is 56.1 Å². The second-order valence-electron chi connectivity index (χ2n) is 11.2. The molecule has 0 amide bonds. The number of rotatable bonds is 2. The molecule has 1 aromatic carbocycles. The highest BCUT2D eigenvalue weighted by atomic mass is 16.5. The van der Waals surface area contributed by atoms with Gasteiger partial charge < -0.3 is 4.74 Å². The van der Waals surface area contributed by atoms with Crippen LogP contribution in [0.25, 0.3) is 6.08 Å². The standard InChI is InChI=1S/C28H38O2/c1-18-9-11-23-21(15-18)10-12-25-24(23)13-14-28(3)26(25)17-22(27(28)30-19(2)29)16-20-7-5-4-6-8-20/h4-8,16,18,21,23-27H,9-15,17H2,1-3H3/b22-16+/t18-,21+,23+,24-,25-,26+,27+,28+/m0/s1. The first-order chi connectivity index (χ1) is 14.5. The molecular weight excluding hydrogens is 368 g/mol. The predicted molar refractivity (Wildman–Crippen MR) is 122 cm³/mol. The van der Waals surface area contributed by atoms with Crippen molar-refractivity contribution in [2.45, 2.75) is 78.2 Å². The molecule has 4 fully saturated rings. The summed E-state index contributed by atoms with van der Waals surface area (Å²) in [6.45, 7) is 6.47. The van der Waals surface area contributed by atoms with Gasteiger partial charge in [0, 0.05) is 12.3 Å². The molecule has 0 radical (unpaired) electrons. The quantitative estimate of drug-likeness (QED) is 0.499. The van der Waals surface area contributed by atoms with E-state index in [1.54, 1.807) is 6.92 Å². The maximum atomic E-state index is 12.1. The zero-order valence-electron chi connectivity index (χ0n) is 19.0. The summed E-state index contributed by atoms with van der Waals surface area (Å²) in [5, 5.41) is 0. The van der Waals surface area contributed by atoms with E-state index in [9.17, 15) is 4.79 Å². The Balaban J connectivity index is 1.46. The Bertz CT molecular complexity index is 811. The van der Waals surface area contributed by atoms with Crippen LogP contribution in [0.3, 0.4) is 0 Å². The van der Waals surface area contributed by atoms with Crippen molar-refractivity contribution >= 4 is 12.0 Å². The molecule has 4 aliphatic carbocycles. The van der Waals surface area contributed by atoms with Gasteiger partial charge in [0.1, 0.15) is 6.10 Å². The van der Waals surface area contributed by atoms with Crippen molar-refractivity contribution in [2.24, 2.45) is 40.9 Å².